The lowest BCUT2D eigenvalue weighted by Crippen LogP contribution is -2.30. The fourth-order valence-corrected chi connectivity index (χ4v) is 2.24. The molecule has 0 amide bonds. The van der Waals surface area contributed by atoms with Crippen LogP contribution in [0.25, 0.3) is 0 Å². The van der Waals surface area contributed by atoms with Crippen molar-refractivity contribution in [2.24, 2.45) is 5.92 Å². The van der Waals surface area contributed by atoms with Gasteiger partial charge in [-0.25, -0.2) is 0 Å². The molecule has 1 saturated carbocycles. The molecular weight excluding hydrogens is 231 g/mol. The molecule has 0 heterocycles. The zero-order valence-corrected chi connectivity index (χ0v) is 10.3. The molecule has 2 rings (SSSR count). The van der Waals surface area contributed by atoms with Gasteiger partial charge < -0.3 is 15.2 Å². The quantitative estimate of drug-likeness (QED) is 0.679. The van der Waals surface area contributed by atoms with Crippen LogP contribution in [0.1, 0.15) is 30.9 Å². The third-order valence-corrected chi connectivity index (χ3v) is 3.78. The third kappa shape index (κ3) is 2.42. The van der Waals surface area contributed by atoms with Crippen LogP contribution in [0.4, 0.5) is 0 Å². The van der Waals surface area contributed by atoms with Gasteiger partial charge in [0.1, 0.15) is 0 Å². The number of carbonyl (C=O) groups is 1. The fourth-order valence-electron chi connectivity index (χ4n) is 2.24. The Morgan fingerprint density at radius 3 is 2.28 bits per heavy atom. The van der Waals surface area contributed by atoms with Crippen molar-refractivity contribution in [3.8, 4) is 0 Å². The number of benzene rings is 1. The largest absolute Gasteiger partial charge is 0.481 e. The van der Waals surface area contributed by atoms with Crippen molar-refractivity contribution in [1.29, 1.82) is 0 Å². The second-order valence-electron chi connectivity index (χ2n) is 5.17. The van der Waals surface area contributed by atoms with Crippen LogP contribution in [0, 0.1) is 5.92 Å². The Balaban J connectivity index is 2.09. The minimum atomic E-state index is -1.32. The van der Waals surface area contributed by atoms with Crippen molar-refractivity contribution in [2.75, 3.05) is 0 Å². The minimum Gasteiger partial charge on any atom is -0.481 e. The van der Waals surface area contributed by atoms with Crippen LogP contribution in [-0.4, -0.2) is 28.2 Å². The summed E-state index contributed by atoms with van der Waals surface area (Å²) in [5.74, 6) is -1.21. The highest BCUT2D eigenvalue weighted by atomic mass is 16.4. The molecule has 5 heteroatoms. The van der Waals surface area contributed by atoms with Crippen molar-refractivity contribution < 1.29 is 19.9 Å². The molecule has 18 heavy (non-hydrogen) atoms. The maximum Gasteiger partial charge on any atom is 0.462 e. The lowest BCUT2D eigenvalue weighted by atomic mass is 9.65. The van der Waals surface area contributed by atoms with Crippen molar-refractivity contribution in [3.05, 3.63) is 35.4 Å². The second kappa shape index (κ2) is 4.74. The molecule has 0 aliphatic heterocycles. The molecule has 1 atom stereocenters. The molecule has 0 spiro atoms. The summed E-state index contributed by atoms with van der Waals surface area (Å²) in [4.78, 5) is 10.8. The third-order valence-electron chi connectivity index (χ3n) is 3.78. The summed E-state index contributed by atoms with van der Waals surface area (Å²) < 4.78 is 0. The van der Waals surface area contributed by atoms with Crippen LogP contribution < -0.4 is 0 Å². The molecule has 0 aromatic heterocycles. The zero-order chi connectivity index (χ0) is 13.3. The van der Waals surface area contributed by atoms with Gasteiger partial charge in [0, 0.05) is 5.31 Å². The Kier molecular flexibility index (Phi) is 3.46. The predicted octanol–water partition coefficient (Wildman–Crippen LogP) is 0.993. The first-order valence-corrected chi connectivity index (χ1v) is 6.14. The monoisotopic (exact) mass is 248 g/mol. The molecule has 0 radical (unpaired) electrons. The molecule has 4 nitrogen and oxygen atoms in total. The van der Waals surface area contributed by atoms with E-state index in [-0.39, 0.29) is 0 Å². The number of aliphatic carboxylic acids is 1. The van der Waals surface area contributed by atoms with E-state index in [2.05, 4.69) is 0 Å². The topological polar surface area (TPSA) is 77.8 Å². The van der Waals surface area contributed by atoms with E-state index in [4.69, 9.17) is 5.11 Å². The predicted molar refractivity (Wildman–Crippen MR) is 68.0 cm³/mol. The molecule has 1 aromatic rings. The molecule has 1 aromatic carbocycles. The summed E-state index contributed by atoms with van der Waals surface area (Å²) in [6.07, 6.45) is 2.06. The number of hydrogen-bond donors (Lipinski definition) is 3. The van der Waals surface area contributed by atoms with Gasteiger partial charge in [-0.05, 0) is 30.4 Å². The van der Waals surface area contributed by atoms with E-state index in [9.17, 15) is 14.8 Å². The first-order chi connectivity index (χ1) is 8.45. The van der Waals surface area contributed by atoms with Crippen molar-refractivity contribution in [1.82, 2.24) is 0 Å². The van der Waals surface area contributed by atoms with Gasteiger partial charge in [-0.3, -0.25) is 4.79 Å². The van der Waals surface area contributed by atoms with E-state index in [0.717, 1.165) is 24.0 Å². The highest BCUT2D eigenvalue weighted by Crippen LogP contribution is 2.48. The number of hydrogen-bond acceptors (Lipinski definition) is 3. The molecule has 1 aliphatic rings. The Morgan fingerprint density at radius 2 is 1.89 bits per heavy atom. The van der Waals surface area contributed by atoms with Gasteiger partial charge >= 0.3 is 13.1 Å². The van der Waals surface area contributed by atoms with Crippen LogP contribution in [0.15, 0.2) is 24.3 Å². The molecule has 0 unspecified atom stereocenters. The fraction of sp³-hybridized carbons (Fsp3) is 0.462. The van der Waals surface area contributed by atoms with Crippen molar-refractivity contribution in [2.45, 2.75) is 31.5 Å². The van der Waals surface area contributed by atoms with E-state index in [1.54, 1.807) is 6.92 Å². The maximum atomic E-state index is 10.8. The van der Waals surface area contributed by atoms with Crippen LogP contribution in [0.3, 0.4) is 0 Å². The molecular formula is C13H17BO4. The van der Waals surface area contributed by atoms with Gasteiger partial charge in [-0.2, -0.15) is 0 Å². The number of carboxylic acids is 1. The SMILES string of the molecule is C[C@@H](Cc1ccc(C2(B(O)O)CC2)cc1)C(=O)O. The molecule has 0 bridgehead atoms. The smallest absolute Gasteiger partial charge is 0.462 e. The van der Waals surface area contributed by atoms with E-state index >= 15 is 0 Å². The van der Waals surface area contributed by atoms with Gasteiger partial charge in [0.2, 0.25) is 0 Å². The summed E-state index contributed by atoms with van der Waals surface area (Å²) >= 11 is 0. The average molecular weight is 248 g/mol. The molecule has 96 valence electrons. The van der Waals surface area contributed by atoms with E-state index < -0.39 is 24.3 Å². The Morgan fingerprint density at radius 1 is 1.33 bits per heavy atom. The highest BCUT2D eigenvalue weighted by Gasteiger charge is 2.53. The van der Waals surface area contributed by atoms with Gasteiger partial charge in [-0.15, -0.1) is 0 Å². The molecule has 1 fully saturated rings. The normalized spacial score (nSPS) is 18.2. The van der Waals surface area contributed by atoms with E-state index in [1.807, 2.05) is 24.3 Å². The molecule has 1 aliphatic carbocycles. The summed E-state index contributed by atoms with van der Waals surface area (Å²) in [5, 5.41) is 27.1. The van der Waals surface area contributed by atoms with Crippen molar-refractivity contribution >= 4 is 13.1 Å². The standard InChI is InChI=1S/C13H17BO4/c1-9(12(15)16)8-10-2-4-11(5-3-10)13(6-7-13)14(17)18/h2-5,9,17-18H,6-8H2,1H3,(H,15,16)/t9-/m0/s1. The zero-order valence-electron chi connectivity index (χ0n) is 10.3. The molecule has 3 N–H and O–H groups in total. The maximum absolute atomic E-state index is 10.8. The highest BCUT2D eigenvalue weighted by molar-refractivity contribution is 6.47. The minimum absolute atomic E-state index is 0.408. The van der Waals surface area contributed by atoms with Crippen LogP contribution in [-0.2, 0) is 16.5 Å². The van der Waals surface area contributed by atoms with Gasteiger partial charge in [-0.1, -0.05) is 31.2 Å². The summed E-state index contributed by atoms with van der Waals surface area (Å²) in [6, 6.07) is 7.49. The van der Waals surface area contributed by atoms with Crippen LogP contribution in [0.2, 0.25) is 0 Å². The summed E-state index contributed by atoms with van der Waals surface area (Å²) in [6.45, 7) is 1.68. The van der Waals surface area contributed by atoms with Gasteiger partial charge in [0.25, 0.3) is 0 Å². The van der Waals surface area contributed by atoms with Crippen LogP contribution >= 0.6 is 0 Å². The first kappa shape index (κ1) is 13.1. The summed E-state index contributed by atoms with van der Waals surface area (Å²) in [5.41, 5.74) is 1.88. The van der Waals surface area contributed by atoms with Crippen molar-refractivity contribution in [3.63, 3.8) is 0 Å². The molecule has 0 saturated heterocycles. The average Bonchev–Trinajstić information content (AvgIpc) is 3.11. The van der Waals surface area contributed by atoms with E-state index in [1.165, 1.54) is 0 Å². The lowest BCUT2D eigenvalue weighted by Gasteiger charge is -2.15. The van der Waals surface area contributed by atoms with Gasteiger partial charge in [0.05, 0.1) is 5.92 Å². The Bertz CT molecular complexity index is 437. The second-order valence-corrected chi connectivity index (χ2v) is 5.17. The summed E-state index contributed by atoms with van der Waals surface area (Å²) in [7, 11) is -1.32. The lowest BCUT2D eigenvalue weighted by molar-refractivity contribution is -0.141. The number of carboxylic acid groups (broad SMARTS) is 1. The Labute approximate surface area is 106 Å². The number of rotatable bonds is 5. The Hall–Kier alpha value is -1.33. The van der Waals surface area contributed by atoms with Crippen LogP contribution in [0.5, 0.6) is 0 Å². The van der Waals surface area contributed by atoms with Gasteiger partial charge in [0.15, 0.2) is 0 Å². The first-order valence-electron chi connectivity index (χ1n) is 6.14. The van der Waals surface area contributed by atoms with E-state index in [0.29, 0.717) is 6.42 Å².